The first kappa shape index (κ1) is 14.2. The maximum Gasteiger partial charge on any atom is 0.239 e. The topological polar surface area (TPSA) is 41.1 Å². The van der Waals surface area contributed by atoms with Gasteiger partial charge in [0.2, 0.25) is 5.91 Å². The van der Waals surface area contributed by atoms with E-state index >= 15 is 0 Å². The van der Waals surface area contributed by atoms with Gasteiger partial charge in [-0.25, -0.2) is 13.2 Å². The lowest BCUT2D eigenvalue weighted by atomic mass is 10.1. The maximum absolute atomic E-state index is 13.4. The van der Waals surface area contributed by atoms with Crippen molar-refractivity contribution in [3.05, 3.63) is 29.6 Å². The van der Waals surface area contributed by atoms with Gasteiger partial charge in [0.15, 0.2) is 17.5 Å². The molecule has 114 valence electrons. The van der Waals surface area contributed by atoms with Crippen LogP contribution in [0.3, 0.4) is 0 Å². The van der Waals surface area contributed by atoms with E-state index in [1.54, 1.807) is 0 Å². The van der Waals surface area contributed by atoms with Gasteiger partial charge in [-0.15, -0.1) is 0 Å². The molecule has 6 heteroatoms. The number of anilines is 1. The molecule has 3 nitrogen and oxygen atoms in total. The van der Waals surface area contributed by atoms with Crippen LogP contribution in [0, 0.1) is 29.3 Å². The largest absolute Gasteiger partial charge is 0.374 e. The minimum Gasteiger partial charge on any atom is -0.374 e. The Hall–Kier alpha value is -1.72. The number of benzene rings is 1. The molecule has 2 saturated carbocycles. The highest BCUT2D eigenvalue weighted by molar-refractivity contribution is 5.81. The van der Waals surface area contributed by atoms with Crippen molar-refractivity contribution in [2.45, 2.75) is 31.7 Å². The van der Waals surface area contributed by atoms with Crippen LogP contribution in [0.25, 0.3) is 0 Å². The van der Waals surface area contributed by atoms with E-state index in [9.17, 15) is 18.0 Å². The van der Waals surface area contributed by atoms with Gasteiger partial charge in [0.05, 0.1) is 12.2 Å². The Balaban J connectivity index is 1.54. The van der Waals surface area contributed by atoms with Crippen molar-refractivity contribution in [1.82, 2.24) is 5.32 Å². The quantitative estimate of drug-likeness (QED) is 0.793. The van der Waals surface area contributed by atoms with Crippen LogP contribution >= 0.6 is 0 Å². The van der Waals surface area contributed by atoms with Gasteiger partial charge in [-0.3, -0.25) is 4.79 Å². The molecule has 0 heterocycles. The Labute approximate surface area is 120 Å². The number of rotatable bonds is 6. The lowest BCUT2D eigenvalue weighted by Crippen LogP contribution is -2.41. The highest BCUT2D eigenvalue weighted by atomic mass is 19.2. The molecule has 0 saturated heterocycles. The van der Waals surface area contributed by atoms with Crippen molar-refractivity contribution in [2.24, 2.45) is 11.8 Å². The smallest absolute Gasteiger partial charge is 0.239 e. The average molecular weight is 298 g/mol. The molecule has 2 fully saturated rings. The van der Waals surface area contributed by atoms with Gasteiger partial charge in [0.25, 0.3) is 0 Å². The summed E-state index contributed by atoms with van der Waals surface area (Å²) in [6.45, 7) is -0.155. The summed E-state index contributed by atoms with van der Waals surface area (Å²) in [6.07, 6.45) is 4.58. The molecule has 0 unspecified atom stereocenters. The Bertz CT molecular complexity index is 544. The van der Waals surface area contributed by atoms with E-state index in [-0.39, 0.29) is 24.2 Å². The van der Waals surface area contributed by atoms with Crippen LogP contribution in [-0.4, -0.2) is 18.5 Å². The summed E-state index contributed by atoms with van der Waals surface area (Å²) in [6, 6.07) is 2.13. The fraction of sp³-hybridized carbons (Fsp3) is 0.533. The average Bonchev–Trinajstić information content (AvgIpc) is 3.34. The molecule has 0 aromatic heterocycles. The van der Waals surface area contributed by atoms with Crippen LogP contribution in [-0.2, 0) is 4.79 Å². The van der Waals surface area contributed by atoms with Crippen molar-refractivity contribution in [1.29, 1.82) is 0 Å². The molecule has 3 rings (SSSR count). The van der Waals surface area contributed by atoms with E-state index in [4.69, 9.17) is 0 Å². The predicted octanol–water partition coefficient (Wildman–Crippen LogP) is 2.82. The van der Waals surface area contributed by atoms with Crippen molar-refractivity contribution in [3.8, 4) is 0 Å². The number of nitrogens with one attached hydrogen (secondary N) is 2. The van der Waals surface area contributed by atoms with Gasteiger partial charge in [0, 0.05) is 6.04 Å². The molecule has 2 N–H and O–H groups in total. The van der Waals surface area contributed by atoms with Crippen LogP contribution in [0.2, 0.25) is 0 Å². The predicted molar refractivity (Wildman–Crippen MR) is 72.2 cm³/mol. The van der Waals surface area contributed by atoms with Crippen LogP contribution in [0.1, 0.15) is 25.7 Å². The van der Waals surface area contributed by atoms with Gasteiger partial charge in [0.1, 0.15) is 0 Å². The first-order valence-electron chi connectivity index (χ1n) is 7.23. The monoisotopic (exact) mass is 298 g/mol. The highest BCUT2D eigenvalue weighted by Gasteiger charge is 2.42. The van der Waals surface area contributed by atoms with Crippen molar-refractivity contribution in [2.75, 3.05) is 11.9 Å². The van der Waals surface area contributed by atoms with Crippen molar-refractivity contribution in [3.63, 3.8) is 0 Å². The minimum atomic E-state index is -1.53. The molecule has 21 heavy (non-hydrogen) atoms. The van der Waals surface area contributed by atoms with Gasteiger partial charge < -0.3 is 10.6 Å². The van der Waals surface area contributed by atoms with Crippen molar-refractivity contribution < 1.29 is 18.0 Å². The fourth-order valence-corrected chi connectivity index (χ4v) is 2.61. The SMILES string of the molecule is O=C(CNc1ccc(F)c(F)c1F)NC(C1CC1)C1CC1. The summed E-state index contributed by atoms with van der Waals surface area (Å²) in [4.78, 5) is 11.9. The fourth-order valence-electron chi connectivity index (χ4n) is 2.61. The minimum absolute atomic E-state index is 0.155. The van der Waals surface area contributed by atoms with E-state index in [0.717, 1.165) is 37.8 Å². The van der Waals surface area contributed by atoms with E-state index in [0.29, 0.717) is 11.8 Å². The molecular formula is C15H17F3N2O. The number of halogens is 3. The summed E-state index contributed by atoms with van der Waals surface area (Å²) in [7, 11) is 0. The number of hydrogen-bond donors (Lipinski definition) is 2. The molecule has 2 aliphatic carbocycles. The highest BCUT2D eigenvalue weighted by Crippen LogP contribution is 2.44. The van der Waals surface area contributed by atoms with Crippen LogP contribution in [0.4, 0.5) is 18.9 Å². The molecule has 1 aromatic rings. The second-order valence-electron chi connectivity index (χ2n) is 5.84. The molecule has 1 aromatic carbocycles. The molecule has 0 radical (unpaired) electrons. The zero-order valence-electron chi connectivity index (χ0n) is 11.5. The Morgan fingerprint density at radius 1 is 1.10 bits per heavy atom. The van der Waals surface area contributed by atoms with E-state index in [1.807, 2.05) is 0 Å². The first-order valence-corrected chi connectivity index (χ1v) is 7.23. The lowest BCUT2D eigenvalue weighted by Gasteiger charge is -2.18. The van der Waals surface area contributed by atoms with E-state index in [1.165, 1.54) is 0 Å². The Morgan fingerprint density at radius 2 is 1.71 bits per heavy atom. The third-order valence-electron chi connectivity index (χ3n) is 4.06. The number of hydrogen-bond acceptors (Lipinski definition) is 2. The summed E-state index contributed by atoms with van der Waals surface area (Å²) < 4.78 is 39.3. The van der Waals surface area contributed by atoms with Crippen LogP contribution in [0.5, 0.6) is 0 Å². The molecule has 1 amide bonds. The second kappa shape index (κ2) is 5.58. The summed E-state index contributed by atoms with van der Waals surface area (Å²) in [5, 5.41) is 5.48. The van der Waals surface area contributed by atoms with Gasteiger partial charge in [-0.1, -0.05) is 0 Å². The molecule has 2 aliphatic rings. The molecule has 0 spiro atoms. The van der Waals surface area contributed by atoms with Gasteiger partial charge in [-0.2, -0.15) is 0 Å². The Kier molecular flexibility index (Phi) is 3.78. The number of carbonyl (C=O) groups excluding carboxylic acids is 1. The third kappa shape index (κ3) is 3.31. The summed E-state index contributed by atoms with van der Waals surface area (Å²) in [5.74, 6) is -3.19. The zero-order chi connectivity index (χ0) is 15.0. The lowest BCUT2D eigenvalue weighted by molar-refractivity contribution is -0.120. The first-order chi connectivity index (χ1) is 10.1. The Morgan fingerprint density at radius 3 is 2.29 bits per heavy atom. The maximum atomic E-state index is 13.4. The van der Waals surface area contributed by atoms with E-state index < -0.39 is 17.5 Å². The van der Waals surface area contributed by atoms with Crippen LogP contribution in [0.15, 0.2) is 12.1 Å². The number of carbonyl (C=O) groups is 1. The molecule has 0 bridgehead atoms. The van der Waals surface area contributed by atoms with Crippen molar-refractivity contribution >= 4 is 11.6 Å². The third-order valence-corrected chi connectivity index (χ3v) is 4.06. The normalized spacial score (nSPS) is 17.9. The standard InChI is InChI=1S/C15H17F3N2O/c16-10-5-6-11(14(18)13(10)17)19-7-12(21)20-15(8-1-2-8)9-3-4-9/h5-6,8-9,15,19H,1-4,7H2,(H,20,21). The van der Waals surface area contributed by atoms with Crippen LogP contribution < -0.4 is 10.6 Å². The zero-order valence-corrected chi connectivity index (χ0v) is 11.5. The molecular weight excluding hydrogens is 281 g/mol. The summed E-state index contributed by atoms with van der Waals surface area (Å²) >= 11 is 0. The molecule has 0 aliphatic heterocycles. The van der Waals surface area contributed by atoms with E-state index in [2.05, 4.69) is 10.6 Å². The second-order valence-corrected chi connectivity index (χ2v) is 5.84. The molecule has 0 atom stereocenters. The number of amides is 1. The summed E-state index contributed by atoms with van der Waals surface area (Å²) in [5.41, 5.74) is -0.210. The van der Waals surface area contributed by atoms with Gasteiger partial charge in [-0.05, 0) is 49.7 Å². The van der Waals surface area contributed by atoms with Gasteiger partial charge >= 0.3 is 0 Å².